The highest BCUT2D eigenvalue weighted by Crippen LogP contribution is 2.28. The summed E-state index contributed by atoms with van der Waals surface area (Å²) in [5, 5.41) is 8.47. The summed E-state index contributed by atoms with van der Waals surface area (Å²) in [6.07, 6.45) is 15.1. The quantitative estimate of drug-likeness (QED) is 0.688. The van der Waals surface area contributed by atoms with E-state index in [2.05, 4.69) is 36.1 Å². The van der Waals surface area contributed by atoms with Crippen LogP contribution in [0.25, 0.3) is 0 Å². The van der Waals surface area contributed by atoms with Crippen molar-refractivity contribution in [3.8, 4) is 0 Å². The van der Waals surface area contributed by atoms with Gasteiger partial charge in [0.05, 0.1) is 11.7 Å². The van der Waals surface area contributed by atoms with E-state index in [-0.39, 0.29) is 0 Å². The zero-order valence-corrected chi connectivity index (χ0v) is 14.0. The summed E-state index contributed by atoms with van der Waals surface area (Å²) >= 11 is 0. The van der Waals surface area contributed by atoms with E-state index >= 15 is 0 Å². The molecular formula is C18H33N3. The Labute approximate surface area is 130 Å². The van der Waals surface area contributed by atoms with Gasteiger partial charge in [-0.2, -0.15) is 5.10 Å². The SMILES string of the molecule is CCCNC(CCC)CCCc1ccn(C2CCCC2)n1. The third kappa shape index (κ3) is 5.46. The first kappa shape index (κ1) is 16.5. The number of aromatic nitrogens is 2. The number of rotatable bonds is 10. The molecule has 1 aliphatic rings. The zero-order valence-electron chi connectivity index (χ0n) is 14.0. The van der Waals surface area contributed by atoms with Gasteiger partial charge >= 0.3 is 0 Å². The molecule has 0 saturated heterocycles. The normalized spacial score (nSPS) is 17.4. The molecule has 1 aromatic heterocycles. The van der Waals surface area contributed by atoms with Gasteiger partial charge < -0.3 is 5.32 Å². The van der Waals surface area contributed by atoms with E-state index in [0.29, 0.717) is 12.1 Å². The lowest BCUT2D eigenvalue weighted by molar-refractivity contribution is 0.433. The van der Waals surface area contributed by atoms with Crippen LogP contribution in [0.2, 0.25) is 0 Å². The van der Waals surface area contributed by atoms with Crippen LogP contribution in [0.4, 0.5) is 0 Å². The molecule has 0 bridgehead atoms. The van der Waals surface area contributed by atoms with Gasteiger partial charge in [0.15, 0.2) is 0 Å². The highest BCUT2D eigenvalue weighted by atomic mass is 15.3. The maximum absolute atomic E-state index is 4.79. The number of hydrogen-bond acceptors (Lipinski definition) is 2. The topological polar surface area (TPSA) is 29.9 Å². The van der Waals surface area contributed by atoms with Gasteiger partial charge in [0.1, 0.15) is 0 Å². The molecule has 3 heteroatoms. The van der Waals surface area contributed by atoms with Gasteiger partial charge in [0, 0.05) is 12.2 Å². The summed E-state index contributed by atoms with van der Waals surface area (Å²) in [6.45, 7) is 5.68. The predicted octanol–water partition coefficient (Wildman–Crippen LogP) is 4.49. The first-order valence-electron chi connectivity index (χ1n) is 9.11. The van der Waals surface area contributed by atoms with Gasteiger partial charge in [-0.1, -0.05) is 33.1 Å². The molecule has 0 aliphatic heterocycles. The van der Waals surface area contributed by atoms with Crippen LogP contribution in [-0.2, 0) is 6.42 Å². The Hall–Kier alpha value is -0.830. The minimum Gasteiger partial charge on any atom is -0.314 e. The standard InChI is InChI=1S/C18H33N3/c1-3-8-16(19-14-4-2)9-7-10-17-13-15-21(20-17)18-11-5-6-12-18/h13,15-16,18-19H,3-12,14H2,1-2H3. The minimum absolute atomic E-state index is 0.679. The molecule has 1 heterocycles. The van der Waals surface area contributed by atoms with Crippen molar-refractivity contribution in [3.05, 3.63) is 18.0 Å². The van der Waals surface area contributed by atoms with Gasteiger partial charge in [0.2, 0.25) is 0 Å². The Morgan fingerprint density at radius 3 is 2.76 bits per heavy atom. The average Bonchev–Trinajstić information content (AvgIpc) is 3.15. The Bertz CT molecular complexity index is 380. The zero-order chi connectivity index (χ0) is 14.9. The van der Waals surface area contributed by atoms with E-state index in [1.807, 2.05) is 0 Å². The summed E-state index contributed by atoms with van der Waals surface area (Å²) in [4.78, 5) is 0. The molecular weight excluding hydrogens is 258 g/mol. The Balaban J connectivity index is 1.71. The molecule has 0 amide bonds. The number of hydrogen-bond donors (Lipinski definition) is 1. The van der Waals surface area contributed by atoms with E-state index in [1.54, 1.807) is 0 Å². The van der Waals surface area contributed by atoms with Crippen LogP contribution >= 0.6 is 0 Å². The van der Waals surface area contributed by atoms with Crippen molar-refractivity contribution < 1.29 is 0 Å². The molecule has 0 radical (unpaired) electrons. The Morgan fingerprint density at radius 1 is 1.24 bits per heavy atom. The molecule has 1 N–H and O–H groups in total. The van der Waals surface area contributed by atoms with Crippen LogP contribution in [0.3, 0.4) is 0 Å². The maximum Gasteiger partial charge on any atom is 0.0624 e. The van der Waals surface area contributed by atoms with Gasteiger partial charge in [-0.05, 0) is 57.6 Å². The van der Waals surface area contributed by atoms with Gasteiger partial charge in [0.25, 0.3) is 0 Å². The van der Waals surface area contributed by atoms with Crippen molar-refractivity contribution >= 4 is 0 Å². The van der Waals surface area contributed by atoms with Crippen molar-refractivity contribution in [2.75, 3.05) is 6.54 Å². The fourth-order valence-electron chi connectivity index (χ4n) is 3.46. The fourth-order valence-corrected chi connectivity index (χ4v) is 3.46. The summed E-state index contributed by atoms with van der Waals surface area (Å²) in [5.74, 6) is 0. The smallest absolute Gasteiger partial charge is 0.0624 e. The number of nitrogens with zero attached hydrogens (tertiary/aromatic N) is 2. The second kappa shape index (κ2) is 9.24. The lowest BCUT2D eigenvalue weighted by Crippen LogP contribution is -2.29. The van der Waals surface area contributed by atoms with Crippen LogP contribution in [0.1, 0.15) is 83.4 Å². The third-order valence-corrected chi connectivity index (χ3v) is 4.67. The van der Waals surface area contributed by atoms with E-state index < -0.39 is 0 Å². The van der Waals surface area contributed by atoms with Gasteiger partial charge in [-0.25, -0.2) is 0 Å². The van der Waals surface area contributed by atoms with Gasteiger partial charge in [-0.15, -0.1) is 0 Å². The summed E-state index contributed by atoms with van der Waals surface area (Å²) in [7, 11) is 0. The molecule has 21 heavy (non-hydrogen) atoms. The van der Waals surface area contributed by atoms with Crippen molar-refractivity contribution in [2.45, 2.75) is 90.1 Å². The lowest BCUT2D eigenvalue weighted by Gasteiger charge is -2.17. The average molecular weight is 291 g/mol. The molecule has 120 valence electrons. The molecule has 2 rings (SSSR count). The molecule has 1 unspecified atom stereocenters. The highest BCUT2D eigenvalue weighted by molar-refractivity contribution is 5.00. The van der Waals surface area contributed by atoms with E-state index in [1.165, 1.54) is 63.5 Å². The summed E-state index contributed by atoms with van der Waals surface area (Å²) in [5.41, 5.74) is 1.28. The number of nitrogens with one attached hydrogen (secondary N) is 1. The van der Waals surface area contributed by atoms with Gasteiger partial charge in [-0.3, -0.25) is 4.68 Å². The summed E-state index contributed by atoms with van der Waals surface area (Å²) < 4.78 is 2.22. The van der Waals surface area contributed by atoms with Crippen LogP contribution in [0.15, 0.2) is 12.3 Å². The third-order valence-electron chi connectivity index (χ3n) is 4.67. The lowest BCUT2D eigenvalue weighted by atomic mass is 10.0. The molecule has 1 saturated carbocycles. The van der Waals surface area contributed by atoms with Crippen LogP contribution in [0, 0.1) is 0 Å². The molecule has 0 aromatic carbocycles. The van der Waals surface area contributed by atoms with E-state index in [9.17, 15) is 0 Å². The first-order chi connectivity index (χ1) is 10.3. The Kier molecular flexibility index (Phi) is 7.28. The van der Waals surface area contributed by atoms with Crippen LogP contribution in [-0.4, -0.2) is 22.4 Å². The highest BCUT2D eigenvalue weighted by Gasteiger charge is 2.17. The predicted molar refractivity (Wildman–Crippen MR) is 89.7 cm³/mol. The Morgan fingerprint density at radius 2 is 2.05 bits per heavy atom. The second-order valence-corrected chi connectivity index (χ2v) is 6.56. The molecule has 0 spiro atoms. The second-order valence-electron chi connectivity index (χ2n) is 6.56. The first-order valence-corrected chi connectivity index (χ1v) is 9.11. The van der Waals surface area contributed by atoms with Crippen LogP contribution < -0.4 is 5.32 Å². The molecule has 1 fully saturated rings. The van der Waals surface area contributed by atoms with Crippen molar-refractivity contribution in [1.29, 1.82) is 0 Å². The largest absolute Gasteiger partial charge is 0.314 e. The minimum atomic E-state index is 0.679. The van der Waals surface area contributed by atoms with Crippen LogP contribution in [0.5, 0.6) is 0 Å². The van der Waals surface area contributed by atoms with Crippen molar-refractivity contribution in [2.24, 2.45) is 0 Å². The number of aryl methyl sites for hydroxylation is 1. The molecule has 1 aliphatic carbocycles. The molecule has 1 aromatic rings. The molecule has 3 nitrogen and oxygen atoms in total. The van der Waals surface area contributed by atoms with E-state index in [0.717, 1.165) is 13.0 Å². The fraction of sp³-hybridized carbons (Fsp3) is 0.833. The van der Waals surface area contributed by atoms with Crippen molar-refractivity contribution in [1.82, 2.24) is 15.1 Å². The van der Waals surface area contributed by atoms with Crippen molar-refractivity contribution in [3.63, 3.8) is 0 Å². The monoisotopic (exact) mass is 291 g/mol. The summed E-state index contributed by atoms with van der Waals surface area (Å²) in [6, 6.07) is 3.61. The molecule has 1 atom stereocenters. The van der Waals surface area contributed by atoms with E-state index in [4.69, 9.17) is 5.10 Å². The maximum atomic E-state index is 4.79.